The summed E-state index contributed by atoms with van der Waals surface area (Å²) in [5, 5.41) is 1.06. The number of halogens is 1. The van der Waals surface area contributed by atoms with Crippen molar-refractivity contribution >= 4 is 34.0 Å². The molecule has 0 N–H and O–H groups in total. The molecule has 1 fully saturated rings. The van der Waals surface area contributed by atoms with Gasteiger partial charge in [-0.25, -0.2) is 9.78 Å². The first-order valence-corrected chi connectivity index (χ1v) is 7.52. The molecule has 0 aliphatic carbocycles. The smallest absolute Gasteiger partial charge is 0.351 e. The van der Waals surface area contributed by atoms with E-state index in [-0.39, 0.29) is 5.15 Å². The highest BCUT2D eigenvalue weighted by Crippen LogP contribution is 2.38. The second-order valence-corrected chi connectivity index (χ2v) is 7.24. The van der Waals surface area contributed by atoms with Crippen LogP contribution in [0.1, 0.15) is 36.9 Å². The number of hydrogen-bond donors (Lipinski definition) is 0. The molecule has 19 heavy (non-hydrogen) atoms. The van der Waals surface area contributed by atoms with Gasteiger partial charge in [-0.1, -0.05) is 43.7 Å². The van der Waals surface area contributed by atoms with Gasteiger partial charge < -0.3 is 9.64 Å². The van der Waals surface area contributed by atoms with E-state index in [1.807, 2.05) is 0 Å². The topological polar surface area (TPSA) is 42.4 Å². The first kappa shape index (κ1) is 14.6. The van der Waals surface area contributed by atoms with Crippen molar-refractivity contribution in [3.63, 3.8) is 0 Å². The molecule has 1 aromatic rings. The Morgan fingerprint density at radius 1 is 1.53 bits per heavy atom. The van der Waals surface area contributed by atoms with E-state index >= 15 is 0 Å². The second-order valence-electron chi connectivity index (χ2n) is 5.91. The minimum Gasteiger partial charge on any atom is -0.465 e. The van der Waals surface area contributed by atoms with E-state index in [9.17, 15) is 4.79 Å². The average molecular weight is 303 g/mol. The number of methoxy groups -OCH3 is 1. The Labute approximate surface area is 122 Å². The van der Waals surface area contributed by atoms with Gasteiger partial charge in [0.15, 0.2) is 15.2 Å². The van der Waals surface area contributed by atoms with Crippen molar-refractivity contribution in [2.75, 3.05) is 25.1 Å². The van der Waals surface area contributed by atoms with Crippen LogP contribution in [-0.4, -0.2) is 31.2 Å². The zero-order chi connectivity index (χ0) is 14.2. The molecule has 1 unspecified atom stereocenters. The van der Waals surface area contributed by atoms with Gasteiger partial charge >= 0.3 is 5.97 Å². The van der Waals surface area contributed by atoms with Crippen molar-refractivity contribution in [3.05, 3.63) is 10.0 Å². The Kier molecular flexibility index (Phi) is 4.06. The van der Waals surface area contributed by atoms with Crippen LogP contribution in [0.5, 0.6) is 0 Å². The van der Waals surface area contributed by atoms with Gasteiger partial charge in [0.1, 0.15) is 0 Å². The van der Waals surface area contributed by atoms with E-state index in [1.54, 1.807) is 0 Å². The van der Waals surface area contributed by atoms with Gasteiger partial charge in [-0.2, -0.15) is 0 Å². The Hall–Kier alpha value is -0.810. The molecule has 0 saturated carbocycles. The van der Waals surface area contributed by atoms with Gasteiger partial charge in [-0.3, -0.25) is 0 Å². The molecule has 2 heterocycles. The minimum atomic E-state index is -0.416. The molecular formula is C13H19ClN2O2S. The third kappa shape index (κ3) is 3.03. The molecule has 1 aliphatic heterocycles. The fraction of sp³-hybridized carbons (Fsp3) is 0.692. The van der Waals surface area contributed by atoms with Crippen molar-refractivity contribution in [2.24, 2.45) is 11.3 Å². The largest absolute Gasteiger partial charge is 0.465 e. The van der Waals surface area contributed by atoms with Crippen LogP contribution in [0.3, 0.4) is 0 Å². The molecule has 0 radical (unpaired) electrons. The summed E-state index contributed by atoms with van der Waals surface area (Å²) in [6, 6.07) is 0. The number of rotatable bonds is 2. The van der Waals surface area contributed by atoms with Crippen LogP contribution >= 0.6 is 22.9 Å². The summed E-state index contributed by atoms with van der Waals surface area (Å²) < 4.78 is 4.70. The zero-order valence-electron chi connectivity index (χ0n) is 11.7. The molecule has 6 heteroatoms. The normalized spacial score (nSPS) is 19.8. The summed E-state index contributed by atoms with van der Waals surface area (Å²) >= 11 is 7.31. The highest BCUT2D eigenvalue weighted by Gasteiger charge is 2.33. The Morgan fingerprint density at radius 2 is 2.21 bits per heavy atom. The van der Waals surface area contributed by atoms with E-state index in [1.165, 1.54) is 18.4 Å². The van der Waals surface area contributed by atoms with E-state index in [2.05, 4.69) is 30.7 Å². The first-order chi connectivity index (χ1) is 8.82. The lowest BCUT2D eigenvalue weighted by molar-refractivity contribution is 0.0606. The van der Waals surface area contributed by atoms with E-state index in [0.717, 1.165) is 24.6 Å². The van der Waals surface area contributed by atoms with Crippen molar-refractivity contribution < 1.29 is 9.53 Å². The van der Waals surface area contributed by atoms with Gasteiger partial charge in [-0.15, -0.1) is 0 Å². The molecule has 2 rings (SSSR count). The van der Waals surface area contributed by atoms with Gasteiger partial charge in [0.2, 0.25) is 0 Å². The highest BCUT2D eigenvalue weighted by molar-refractivity contribution is 7.18. The molecule has 4 nitrogen and oxygen atoms in total. The third-order valence-electron chi connectivity index (χ3n) is 3.63. The van der Waals surface area contributed by atoms with Crippen molar-refractivity contribution in [2.45, 2.75) is 27.2 Å². The Balaban J connectivity index is 2.14. The van der Waals surface area contributed by atoms with Gasteiger partial charge in [-0.05, 0) is 17.8 Å². The Bertz CT molecular complexity index is 481. The summed E-state index contributed by atoms with van der Waals surface area (Å²) in [5.74, 6) is 0.220. The van der Waals surface area contributed by atoms with Gasteiger partial charge in [0, 0.05) is 13.1 Å². The van der Waals surface area contributed by atoms with Crippen LogP contribution in [-0.2, 0) is 4.74 Å². The maximum Gasteiger partial charge on any atom is 0.351 e. The maximum absolute atomic E-state index is 11.5. The van der Waals surface area contributed by atoms with E-state index in [4.69, 9.17) is 16.3 Å². The fourth-order valence-corrected chi connectivity index (χ4v) is 3.52. The number of thiazole rings is 1. The molecule has 1 saturated heterocycles. The molecule has 0 aromatic carbocycles. The van der Waals surface area contributed by atoms with Crippen LogP contribution in [0.2, 0.25) is 5.15 Å². The molecule has 0 spiro atoms. The summed E-state index contributed by atoms with van der Waals surface area (Å²) in [6.45, 7) is 8.71. The number of anilines is 1. The molecule has 1 aromatic heterocycles. The predicted molar refractivity (Wildman–Crippen MR) is 78.2 cm³/mol. The lowest BCUT2D eigenvalue weighted by atomic mass is 9.80. The number of esters is 1. The summed E-state index contributed by atoms with van der Waals surface area (Å²) in [7, 11) is 1.35. The second kappa shape index (κ2) is 5.29. The monoisotopic (exact) mass is 302 g/mol. The quantitative estimate of drug-likeness (QED) is 0.785. The van der Waals surface area contributed by atoms with Gasteiger partial charge in [0.05, 0.1) is 7.11 Å². The fourth-order valence-electron chi connectivity index (χ4n) is 2.29. The van der Waals surface area contributed by atoms with Crippen LogP contribution < -0.4 is 4.90 Å². The lowest BCUT2D eigenvalue weighted by Crippen LogP contribution is -2.25. The maximum atomic E-state index is 11.5. The SMILES string of the molecule is COC(=O)c1sc(N2CCC(C(C)(C)C)C2)nc1Cl. The lowest BCUT2D eigenvalue weighted by Gasteiger charge is -2.26. The minimum absolute atomic E-state index is 0.242. The molecule has 0 amide bonds. The summed E-state index contributed by atoms with van der Waals surface area (Å²) in [5.41, 5.74) is 0.293. The van der Waals surface area contributed by atoms with E-state index in [0.29, 0.717) is 16.2 Å². The third-order valence-corrected chi connectivity index (χ3v) is 5.11. The average Bonchev–Trinajstić information content (AvgIpc) is 2.93. The van der Waals surface area contributed by atoms with Crippen LogP contribution in [0.4, 0.5) is 5.13 Å². The Morgan fingerprint density at radius 3 is 2.74 bits per heavy atom. The molecule has 0 bridgehead atoms. The van der Waals surface area contributed by atoms with Crippen molar-refractivity contribution in [3.8, 4) is 0 Å². The number of carbonyl (C=O) groups is 1. The van der Waals surface area contributed by atoms with Gasteiger partial charge in [0.25, 0.3) is 0 Å². The van der Waals surface area contributed by atoms with E-state index < -0.39 is 5.97 Å². The summed E-state index contributed by atoms with van der Waals surface area (Å²) in [4.78, 5) is 18.4. The molecule has 1 aliphatic rings. The molecular weight excluding hydrogens is 284 g/mol. The van der Waals surface area contributed by atoms with Crippen molar-refractivity contribution in [1.82, 2.24) is 4.98 Å². The number of nitrogens with zero attached hydrogens (tertiary/aromatic N) is 2. The molecule has 1 atom stereocenters. The van der Waals surface area contributed by atoms with Crippen LogP contribution in [0, 0.1) is 11.3 Å². The molecule has 106 valence electrons. The highest BCUT2D eigenvalue weighted by atomic mass is 35.5. The number of ether oxygens (including phenoxy) is 1. The number of carbonyl (C=O) groups excluding carboxylic acids is 1. The predicted octanol–water partition coefficient (Wildman–Crippen LogP) is 3.46. The van der Waals surface area contributed by atoms with Crippen LogP contribution in [0.25, 0.3) is 0 Å². The zero-order valence-corrected chi connectivity index (χ0v) is 13.3. The van der Waals surface area contributed by atoms with Crippen LogP contribution in [0.15, 0.2) is 0 Å². The number of hydrogen-bond acceptors (Lipinski definition) is 5. The van der Waals surface area contributed by atoms with Crippen molar-refractivity contribution in [1.29, 1.82) is 0 Å². The summed E-state index contributed by atoms with van der Waals surface area (Å²) in [6.07, 6.45) is 1.15. The number of aromatic nitrogens is 1. The standard InChI is InChI=1S/C13H19ClN2O2S/c1-13(2,3)8-5-6-16(7-8)12-15-10(14)9(19-12)11(17)18-4/h8H,5-7H2,1-4H3. The first-order valence-electron chi connectivity index (χ1n) is 6.32.